The molecule has 1 atom stereocenters. The molecule has 0 aliphatic carbocycles. The SMILES string of the molecule is CN1CCN(C(=O)c2cncc(C(=O)NC3CCS(=O)(=O)C3)c2)CC1. The van der Waals surface area contributed by atoms with Crippen LogP contribution < -0.4 is 5.32 Å². The molecule has 1 unspecified atom stereocenters. The van der Waals surface area contributed by atoms with Crippen LogP contribution in [0.4, 0.5) is 0 Å². The molecule has 0 spiro atoms. The smallest absolute Gasteiger partial charge is 0.255 e. The molecule has 1 aromatic heterocycles. The van der Waals surface area contributed by atoms with E-state index in [4.69, 9.17) is 0 Å². The zero-order valence-corrected chi connectivity index (χ0v) is 15.0. The van der Waals surface area contributed by atoms with E-state index in [-0.39, 0.29) is 29.0 Å². The summed E-state index contributed by atoms with van der Waals surface area (Å²) < 4.78 is 23.0. The van der Waals surface area contributed by atoms with Crippen molar-refractivity contribution in [3.8, 4) is 0 Å². The average Bonchev–Trinajstić information content (AvgIpc) is 2.93. The summed E-state index contributed by atoms with van der Waals surface area (Å²) in [7, 11) is -1.05. The summed E-state index contributed by atoms with van der Waals surface area (Å²) in [5, 5.41) is 2.71. The minimum absolute atomic E-state index is 0.0356. The van der Waals surface area contributed by atoms with Gasteiger partial charge in [-0.15, -0.1) is 0 Å². The van der Waals surface area contributed by atoms with Crippen molar-refractivity contribution in [2.45, 2.75) is 12.5 Å². The number of hydrogen-bond acceptors (Lipinski definition) is 6. The molecule has 1 aromatic rings. The van der Waals surface area contributed by atoms with Crippen LogP contribution in [0.3, 0.4) is 0 Å². The third-order valence-electron chi connectivity index (χ3n) is 4.61. The molecular formula is C16H22N4O4S. The Bertz CT molecular complexity index is 772. The van der Waals surface area contributed by atoms with Crippen molar-refractivity contribution in [3.63, 3.8) is 0 Å². The van der Waals surface area contributed by atoms with Gasteiger partial charge in [-0.05, 0) is 19.5 Å². The highest BCUT2D eigenvalue weighted by molar-refractivity contribution is 7.91. The molecule has 0 bridgehead atoms. The van der Waals surface area contributed by atoms with E-state index in [9.17, 15) is 18.0 Å². The summed E-state index contributed by atoms with van der Waals surface area (Å²) in [5.41, 5.74) is 0.639. The summed E-state index contributed by atoms with van der Waals surface area (Å²) in [4.78, 5) is 32.8. The van der Waals surface area contributed by atoms with Crippen LogP contribution in [-0.2, 0) is 9.84 Å². The molecule has 25 heavy (non-hydrogen) atoms. The van der Waals surface area contributed by atoms with Crippen molar-refractivity contribution >= 4 is 21.7 Å². The van der Waals surface area contributed by atoms with Crippen LogP contribution >= 0.6 is 0 Å². The first-order chi connectivity index (χ1) is 11.8. The number of carbonyl (C=O) groups excluding carboxylic acids is 2. The van der Waals surface area contributed by atoms with Crippen LogP contribution in [0.5, 0.6) is 0 Å². The zero-order chi connectivity index (χ0) is 18.0. The molecule has 0 radical (unpaired) electrons. The van der Waals surface area contributed by atoms with Gasteiger partial charge < -0.3 is 15.1 Å². The molecule has 3 heterocycles. The summed E-state index contributed by atoms with van der Waals surface area (Å²) in [5.74, 6) is -0.481. The summed E-state index contributed by atoms with van der Waals surface area (Å²) in [6, 6.07) is 1.14. The predicted octanol–water partition coefficient (Wildman–Crippen LogP) is -0.614. The number of nitrogens with one attached hydrogen (secondary N) is 1. The first kappa shape index (κ1) is 17.8. The van der Waals surface area contributed by atoms with Crippen LogP contribution in [0.25, 0.3) is 0 Å². The highest BCUT2D eigenvalue weighted by atomic mass is 32.2. The number of rotatable bonds is 3. The Labute approximate surface area is 147 Å². The minimum atomic E-state index is -3.06. The summed E-state index contributed by atoms with van der Waals surface area (Å²) in [6.07, 6.45) is 3.26. The van der Waals surface area contributed by atoms with Gasteiger partial charge in [-0.1, -0.05) is 0 Å². The van der Waals surface area contributed by atoms with E-state index in [1.807, 2.05) is 7.05 Å². The molecule has 1 N–H and O–H groups in total. The van der Waals surface area contributed by atoms with Gasteiger partial charge >= 0.3 is 0 Å². The van der Waals surface area contributed by atoms with Gasteiger partial charge in [0.25, 0.3) is 11.8 Å². The molecule has 2 aliphatic rings. The number of sulfone groups is 1. The number of piperazine rings is 1. The topological polar surface area (TPSA) is 99.7 Å². The fourth-order valence-corrected chi connectivity index (χ4v) is 4.72. The first-order valence-corrected chi connectivity index (χ1v) is 10.1. The van der Waals surface area contributed by atoms with Crippen molar-refractivity contribution < 1.29 is 18.0 Å². The minimum Gasteiger partial charge on any atom is -0.348 e. The van der Waals surface area contributed by atoms with Crippen LogP contribution in [0.15, 0.2) is 18.5 Å². The second-order valence-corrected chi connectivity index (χ2v) is 8.86. The Morgan fingerprint density at radius 2 is 1.84 bits per heavy atom. The van der Waals surface area contributed by atoms with E-state index >= 15 is 0 Å². The van der Waals surface area contributed by atoms with Crippen molar-refractivity contribution in [2.24, 2.45) is 0 Å². The third-order valence-corrected chi connectivity index (χ3v) is 6.37. The van der Waals surface area contributed by atoms with Crippen molar-refractivity contribution in [3.05, 3.63) is 29.6 Å². The summed E-state index contributed by atoms with van der Waals surface area (Å²) >= 11 is 0. The second kappa shape index (κ2) is 7.09. The van der Waals surface area contributed by atoms with Gasteiger partial charge in [0, 0.05) is 44.6 Å². The van der Waals surface area contributed by atoms with Gasteiger partial charge in [0.2, 0.25) is 0 Å². The van der Waals surface area contributed by atoms with Crippen LogP contribution in [0.1, 0.15) is 27.1 Å². The van der Waals surface area contributed by atoms with E-state index in [0.29, 0.717) is 25.1 Å². The maximum atomic E-state index is 12.6. The molecule has 3 rings (SSSR count). The largest absolute Gasteiger partial charge is 0.348 e. The molecule has 0 aromatic carbocycles. The zero-order valence-electron chi connectivity index (χ0n) is 14.1. The van der Waals surface area contributed by atoms with Gasteiger partial charge in [0.15, 0.2) is 9.84 Å². The number of carbonyl (C=O) groups is 2. The lowest BCUT2D eigenvalue weighted by atomic mass is 10.1. The monoisotopic (exact) mass is 366 g/mol. The standard InChI is InChI=1S/C16H22N4O4S/c1-19-3-5-20(6-4-19)16(22)13-8-12(9-17-10-13)15(21)18-14-2-7-25(23,24)11-14/h8-10,14H,2-7,11H2,1H3,(H,18,21). The van der Waals surface area contributed by atoms with E-state index in [1.54, 1.807) is 4.90 Å². The maximum absolute atomic E-state index is 12.6. The lowest BCUT2D eigenvalue weighted by Crippen LogP contribution is -2.47. The Morgan fingerprint density at radius 1 is 1.16 bits per heavy atom. The number of amides is 2. The highest BCUT2D eigenvalue weighted by Crippen LogP contribution is 2.13. The Morgan fingerprint density at radius 3 is 2.48 bits per heavy atom. The molecular weight excluding hydrogens is 344 g/mol. The quantitative estimate of drug-likeness (QED) is 0.766. The van der Waals surface area contributed by atoms with E-state index < -0.39 is 15.7 Å². The van der Waals surface area contributed by atoms with Crippen molar-refractivity contribution in [1.82, 2.24) is 20.1 Å². The third kappa shape index (κ3) is 4.35. The summed E-state index contributed by atoms with van der Waals surface area (Å²) in [6.45, 7) is 2.92. The van der Waals surface area contributed by atoms with E-state index in [1.165, 1.54) is 18.5 Å². The molecule has 136 valence electrons. The highest BCUT2D eigenvalue weighted by Gasteiger charge is 2.29. The molecule has 2 amide bonds. The fourth-order valence-electron chi connectivity index (χ4n) is 3.05. The van der Waals surface area contributed by atoms with Gasteiger partial charge in [0.05, 0.1) is 22.6 Å². The normalized spacial score (nSPS) is 23.4. The molecule has 0 saturated carbocycles. The molecule has 8 nitrogen and oxygen atoms in total. The number of hydrogen-bond donors (Lipinski definition) is 1. The van der Waals surface area contributed by atoms with Gasteiger partial charge in [-0.25, -0.2) is 8.42 Å². The average molecular weight is 366 g/mol. The van der Waals surface area contributed by atoms with Gasteiger partial charge in [0.1, 0.15) is 0 Å². The van der Waals surface area contributed by atoms with E-state index in [0.717, 1.165) is 13.1 Å². The Balaban J connectivity index is 1.66. The molecule has 2 fully saturated rings. The van der Waals surface area contributed by atoms with Crippen LogP contribution in [0.2, 0.25) is 0 Å². The Hall–Kier alpha value is -2.00. The van der Waals surface area contributed by atoms with Crippen molar-refractivity contribution in [1.29, 1.82) is 0 Å². The number of nitrogens with zero attached hydrogens (tertiary/aromatic N) is 3. The van der Waals surface area contributed by atoms with Gasteiger partial charge in [-0.3, -0.25) is 14.6 Å². The number of likely N-dealkylation sites (N-methyl/N-ethyl adjacent to an activating group) is 1. The second-order valence-electron chi connectivity index (χ2n) is 6.63. The van der Waals surface area contributed by atoms with Crippen LogP contribution in [0, 0.1) is 0 Å². The van der Waals surface area contributed by atoms with Crippen molar-refractivity contribution in [2.75, 3.05) is 44.7 Å². The lowest BCUT2D eigenvalue weighted by Gasteiger charge is -2.32. The molecule has 9 heteroatoms. The number of pyridine rings is 1. The van der Waals surface area contributed by atoms with E-state index in [2.05, 4.69) is 15.2 Å². The number of aromatic nitrogens is 1. The molecule has 2 saturated heterocycles. The maximum Gasteiger partial charge on any atom is 0.255 e. The van der Waals surface area contributed by atoms with Crippen LogP contribution in [-0.4, -0.2) is 85.8 Å². The Kier molecular flexibility index (Phi) is 5.05. The molecule has 2 aliphatic heterocycles. The predicted molar refractivity (Wildman–Crippen MR) is 92.2 cm³/mol. The fraction of sp³-hybridized carbons (Fsp3) is 0.562. The lowest BCUT2D eigenvalue weighted by molar-refractivity contribution is 0.0663. The first-order valence-electron chi connectivity index (χ1n) is 8.28. The van der Waals surface area contributed by atoms with Gasteiger partial charge in [-0.2, -0.15) is 0 Å².